The van der Waals surface area contributed by atoms with E-state index in [-0.39, 0.29) is 11.1 Å². The van der Waals surface area contributed by atoms with E-state index < -0.39 is 10.0 Å². The molecule has 8 heteroatoms. The van der Waals surface area contributed by atoms with E-state index in [9.17, 15) is 8.42 Å². The van der Waals surface area contributed by atoms with E-state index in [1.54, 1.807) is 36.1 Å². The van der Waals surface area contributed by atoms with Gasteiger partial charge in [0.2, 0.25) is 0 Å². The highest BCUT2D eigenvalue weighted by atomic mass is 32.2. The average Bonchev–Trinajstić information content (AvgIpc) is 2.96. The van der Waals surface area contributed by atoms with Crippen molar-refractivity contribution < 1.29 is 13.2 Å². The maximum absolute atomic E-state index is 12.6. The van der Waals surface area contributed by atoms with Crippen molar-refractivity contribution in [3.63, 3.8) is 0 Å². The maximum Gasteiger partial charge on any atom is 0.262 e. The molecule has 0 aromatic carbocycles. The van der Waals surface area contributed by atoms with Crippen LogP contribution >= 0.6 is 0 Å². The number of ether oxygens (including phenoxy) is 1. The van der Waals surface area contributed by atoms with Crippen molar-refractivity contribution in [2.75, 3.05) is 13.1 Å². The molecule has 1 aliphatic heterocycles. The molecule has 1 unspecified atom stereocenters. The van der Waals surface area contributed by atoms with Crippen LogP contribution in [0.2, 0.25) is 0 Å². The Morgan fingerprint density at radius 3 is 2.77 bits per heavy atom. The fraction of sp³-hybridized carbons (Fsp3) is 0.429. The Labute approximate surface area is 129 Å². The third-order valence-corrected chi connectivity index (χ3v) is 5.33. The molecule has 0 radical (unpaired) electrons. The van der Waals surface area contributed by atoms with Gasteiger partial charge in [0.1, 0.15) is 11.9 Å². The van der Waals surface area contributed by atoms with Gasteiger partial charge >= 0.3 is 0 Å². The normalized spacial score (nSPS) is 20.0. The molecule has 1 aliphatic rings. The van der Waals surface area contributed by atoms with E-state index in [2.05, 4.69) is 9.97 Å². The molecule has 3 rings (SSSR count). The molecule has 118 valence electrons. The highest BCUT2D eigenvalue weighted by Gasteiger charge is 2.32. The lowest BCUT2D eigenvalue weighted by Crippen LogP contribution is -2.44. The molecule has 3 heterocycles. The van der Waals surface area contributed by atoms with Crippen molar-refractivity contribution in [2.45, 2.75) is 24.0 Å². The molecule has 22 heavy (non-hydrogen) atoms. The summed E-state index contributed by atoms with van der Waals surface area (Å²) in [4.78, 5) is 7.89. The summed E-state index contributed by atoms with van der Waals surface area (Å²) in [6.45, 7) is 0.830. The number of pyridine rings is 1. The molecule has 7 nitrogen and oxygen atoms in total. The monoisotopic (exact) mass is 322 g/mol. The van der Waals surface area contributed by atoms with Crippen LogP contribution in [0.1, 0.15) is 12.8 Å². The average molecular weight is 322 g/mol. The summed E-state index contributed by atoms with van der Waals surface area (Å²) < 4.78 is 34.1. The lowest BCUT2D eigenvalue weighted by molar-refractivity contribution is 0.129. The Morgan fingerprint density at radius 1 is 1.32 bits per heavy atom. The van der Waals surface area contributed by atoms with Gasteiger partial charge < -0.3 is 9.30 Å². The van der Waals surface area contributed by atoms with E-state index in [0.29, 0.717) is 18.8 Å². The van der Waals surface area contributed by atoms with Crippen molar-refractivity contribution in [3.05, 3.63) is 37.1 Å². The topological polar surface area (TPSA) is 77.3 Å². The molecule has 0 bridgehead atoms. The van der Waals surface area contributed by atoms with Crippen LogP contribution in [-0.2, 0) is 17.1 Å². The van der Waals surface area contributed by atoms with E-state index in [1.807, 2.05) is 0 Å². The van der Waals surface area contributed by atoms with Crippen LogP contribution < -0.4 is 4.74 Å². The minimum Gasteiger partial charge on any atom is -0.489 e. The zero-order chi connectivity index (χ0) is 15.6. The number of sulfonamides is 1. The molecule has 1 saturated heterocycles. The molecule has 0 amide bonds. The van der Waals surface area contributed by atoms with E-state index in [4.69, 9.17) is 4.74 Å². The standard InChI is InChI=1S/C14H18N4O3S/c1-17-10-14(16-11-17)22(19,20)18-8-2-3-13(9-18)21-12-4-6-15-7-5-12/h4-7,10-11,13H,2-3,8-9H2,1H3. The molecule has 0 N–H and O–H groups in total. The zero-order valence-electron chi connectivity index (χ0n) is 12.3. The minimum atomic E-state index is -3.56. The number of nitrogens with zero attached hydrogens (tertiary/aromatic N) is 4. The number of aryl methyl sites for hydroxylation is 1. The second-order valence-electron chi connectivity index (χ2n) is 5.31. The van der Waals surface area contributed by atoms with Crippen LogP contribution in [-0.4, -0.2) is 46.5 Å². The Balaban J connectivity index is 1.73. The van der Waals surface area contributed by atoms with Crippen LogP contribution in [0.3, 0.4) is 0 Å². The third kappa shape index (κ3) is 3.12. The molecule has 0 saturated carbocycles. The summed E-state index contributed by atoms with van der Waals surface area (Å²) in [6, 6.07) is 3.54. The number of rotatable bonds is 4. The largest absolute Gasteiger partial charge is 0.489 e. The summed E-state index contributed by atoms with van der Waals surface area (Å²) in [5.74, 6) is 0.706. The van der Waals surface area contributed by atoms with E-state index in [0.717, 1.165) is 12.8 Å². The number of aromatic nitrogens is 3. The molecule has 2 aromatic heterocycles. The fourth-order valence-corrected chi connectivity index (χ4v) is 3.96. The van der Waals surface area contributed by atoms with Crippen LogP contribution in [0.5, 0.6) is 5.75 Å². The third-order valence-electron chi connectivity index (χ3n) is 3.58. The van der Waals surface area contributed by atoms with Gasteiger partial charge in [-0.2, -0.15) is 4.31 Å². The van der Waals surface area contributed by atoms with Gasteiger partial charge in [0, 0.05) is 32.2 Å². The molecule has 2 aromatic rings. The molecule has 0 spiro atoms. The predicted molar refractivity (Wildman–Crippen MR) is 79.9 cm³/mol. The second-order valence-corrected chi connectivity index (χ2v) is 7.19. The highest BCUT2D eigenvalue weighted by Crippen LogP contribution is 2.22. The van der Waals surface area contributed by atoms with Gasteiger partial charge in [0.05, 0.1) is 12.9 Å². The maximum atomic E-state index is 12.6. The van der Waals surface area contributed by atoms with Gasteiger partial charge in [-0.25, -0.2) is 13.4 Å². The Hall–Kier alpha value is -1.93. The summed E-state index contributed by atoms with van der Waals surface area (Å²) in [5, 5.41) is 0.0829. The SMILES string of the molecule is Cn1cnc(S(=O)(=O)N2CCCC(Oc3ccncc3)C2)c1. The molecular formula is C14H18N4O3S. The number of hydrogen-bond donors (Lipinski definition) is 0. The Kier molecular flexibility index (Phi) is 4.12. The quantitative estimate of drug-likeness (QED) is 0.841. The summed E-state index contributed by atoms with van der Waals surface area (Å²) in [6.07, 6.45) is 7.75. The van der Waals surface area contributed by atoms with Crippen molar-refractivity contribution in [1.29, 1.82) is 0 Å². The molecular weight excluding hydrogens is 304 g/mol. The van der Waals surface area contributed by atoms with Crippen LogP contribution in [0.15, 0.2) is 42.1 Å². The number of imidazole rings is 1. The van der Waals surface area contributed by atoms with E-state index in [1.165, 1.54) is 16.8 Å². The van der Waals surface area contributed by atoms with Gasteiger partial charge in [-0.1, -0.05) is 0 Å². The Bertz CT molecular complexity index is 730. The van der Waals surface area contributed by atoms with Crippen molar-refractivity contribution >= 4 is 10.0 Å². The zero-order valence-corrected chi connectivity index (χ0v) is 13.1. The van der Waals surface area contributed by atoms with Gasteiger partial charge in [-0.3, -0.25) is 4.98 Å². The first-order chi connectivity index (χ1) is 10.6. The summed E-state index contributed by atoms with van der Waals surface area (Å²) in [5.41, 5.74) is 0. The molecule has 0 aliphatic carbocycles. The summed E-state index contributed by atoms with van der Waals surface area (Å²) in [7, 11) is -1.81. The van der Waals surface area contributed by atoms with Crippen LogP contribution in [0.25, 0.3) is 0 Å². The number of piperidine rings is 1. The van der Waals surface area contributed by atoms with Crippen molar-refractivity contribution in [1.82, 2.24) is 18.8 Å². The first-order valence-corrected chi connectivity index (χ1v) is 8.54. The van der Waals surface area contributed by atoms with E-state index >= 15 is 0 Å². The fourth-order valence-electron chi connectivity index (χ4n) is 2.48. The van der Waals surface area contributed by atoms with Crippen LogP contribution in [0.4, 0.5) is 0 Å². The second kappa shape index (κ2) is 6.05. The van der Waals surface area contributed by atoms with Crippen molar-refractivity contribution in [3.8, 4) is 5.75 Å². The Morgan fingerprint density at radius 2 is 2.09 bits per heavy atom. The van der Waals surface area contributed by atoms with Crippen LogP contribution in [0, 0.1) is 0 Å². The number of hydrogen-bond acceptors (Lipinski definition) is 5. The lowest BCUT2D eigenvalue weighted by Gasteiger charge is -2.31. The van der Waals surface area contributed by atoms with Gasteiger partial charge in [0.15, 0.2) is 5.03 Å². The summed E-state index contributed by atoms with van der Waals surface area (Å²) >= 11 is 0. The first kappa shape index (κ1) is 15.0. The smallest absolute Gasteiger partial charge is 0.262 e. The minimum absolute atomic E-state index is 0.0829. The molecule has 1 fully saturated rings. The van der Waals surface area contributed by atoms with Gasteiger partial charge in [-0.15, -0.1) is 0 Å². The molecule has 1 atom stereocenters. The lowest BCUT2D eigenvalue weighted by atomic mass is 10.1. The predicted octanol–water partition coefficient (Wildman–Crippen LogP) is 1.05. The van der Waals surface area contributed by atoms with Gasteiger partial charge in [-0.05, 0) is 25.0 Å². The van der Waals surface area contributed by atoms with Gasteiger partial charge in [0.25, 0.3) is 10.0 Å². The first-order valence-electron chi connectivity index (χ1n) is 7.10. The van der Waals surface area contributed by atoms with Crippen molar-refractivity contribution in [2.24, 2.45) is 7.05 Å². The highest BCUT2D eigenvalue weighted by molar-refractivity contribution is 7.89.